The fourth-order valence-electron chi connectivity index (χ4n) is 3.73. The standard InChI is InChI=1S/C25H26N2O4S/c1-19(21-12-6-3-7-13-21)16-26-25(28)24-17-27(22-14-8-9-15-23(22)31-24)32(29,30)18-20-10-4-2-5-11-20/h2-15,19,24H,16-18H2,1H3,(H,26,28). The molecule has 0 aromatic heterocycles. The lowest BCUT2D eigenvalue weighted by Crippen LogP contribution is -2.51. The molecule has 0 radical (unpaired) electrons. The van der Waals surface area contributed by atoms with Gasteiger partial charge >= 0.3 is 0 Å². The molecule has 4 rings (SSSR count). The number of carbonyl (C=O) groups excluding carboxylic acids is 1. The molecular weight excluding hydrogens is 424 g/mol. The highest BCUT2D eigenvalue weighted by Gasteiger charge is 2.36. The number of fused-ring (bicyclic) bond motifs is 1. The van der Waals surface area contributed by atoms with E-state index in [1.165, 1.54) is 4.31 Å². The molecule has 0 fully saturated rings. The normalized spacial score (nSPS) is 16.5. The Morgan fingerprint density at radius 3 is 2.34 bits per heavy atom. The Labute approximate surface area is 188 Å². The molecule has 6 nitrogen and oxygen atoms in total. The van der Waals surface area contributed by atoms with Gasteiger partial charge in [0.25, 0.3) is 5.91 Å². The van der Waals surface area contributed by atoms with Crippen molar-refractivity contribution in [3.63, 3.8) is 0 Å². The lowest BCUT2D eigenvalue weighted by molar-refractivity contribution is -0.127. The first-order chi connectivity index (χ1) is 15.4. The van der Waals surface area contributed by atoms with Crippen molar-refractivity contribution in [1.82, 2.24) is 5.32 Å². The molecule has 1 amide bonds. The summed E-state index contributed by atoms with van der Waals surface area (Å²) in [5.74, 6) is 0.0180. The minimum Gasteiger partial charge on any atom is -0.476 e. The Bertz CT molecular complexity index is 1170. The molecule has 0 saturated carbocycles. The Kier molecular flexibility index (Phi) is 6.46. The molecule has 2 atom stereocenters. The smallest absolute Gasteiger partial charge is 0.263 e. The summed E-state index contributed by atoms with van der Waals surface area (Å²) in [5.41, 5.74) is 2.26. The molecule has 1 aliphatic rings. The van der Waals surface area contributed by atoms with E-state index in [4.69, 9.17) is 4.74 Å². The molecule has 1 aliphatic heterocycles. The number of nitrogens with one attached hydrogen (secondary N) is 1. The number of ether oxygens (including phenoxy) is 1. The molecule has 0 spiro atoms. The van der Waals surface area contributed by atoms with Crippen molar-refractivity contribution in [2.24, 2.45) is 0 Å². The Morgan fingerprint density at radius 2 is 1.62 bits per heavy atom. The maximum absolute atomic E-state index is 13.3. The van der Waals surface area contributed by atoms with Crippen LogP contribution in [0.25, 0.3) is 0 Å². The van der Waals surface area contributed by atoms with E-state index in [0.717, 1.165) is 5.56 Å². The van der Waals surface area contributed by atoms with Crippen molar-refractivity contribution in [2.45, 2.75) is 24.7 Å². The van der Waals surface area contributed by atoms with Crippen LogP contribution in [0.4, 0.5) is 5.69 Å². The molecule has 0 saturated heterocycles. The van der Waals surface area contributed by atoms with Crippen molar-refractivity contribution < 1.29 is 17.9 Å². The van der Waals surface area contributed by atoms with Gasteiger partial charge in [0.15, 0.2) is 6.10 Å². The molecule has 7 heteroatoms. The molecule has 3 aromatic rings. The van der Waals surface area contributed by atoms with Gasteiger partial charge in [-0.15, -0.1) is 0 Å². The minimum absolute atomic E-state index is 0.0717. The average molecular weight is 451 g/mol. The third kappa shape index (κ3) is 4.94. The van der Waals surface area contributed by atoms with Crippen molar-refractivity contribution in [1.29, 1.82) is 0 Å². The quantitative estimate of drug-likeness (QED) is 0.596. The highest BCUT2D eigenvalue weighted by atomic mass is 32.2. The molecule has 32 heavy (non-hydrogen) atoms. The first kappa shape index (κ1) is 21.9. The van der Waals surface area contributed by atoms with Crippen molar-refractivity contribution in [3.8, 4) is 5.75 Å². The molecule has 3 aromatic carbocycles. The van der Waals surface area contributed by atoms with Crippen LogP contribution in [0.1, 0.15) is 24.0 Å². The van der Waals surface area contributed by atoms with Crippen molar-refractivity contribution in [2.75, 3.05) is 17.4 Å². The summed E-state index contributed by atoms with van der Waals surface area (Å²) in [4.78, 5) is 12.9. The van der Waals surface area contributed by atoms with E-state index in [0.29, 0.717) is 23.5 Å². The van der Waals surface area contributed by atoms with Gasteiger partial charge in [0.05, 0.1) is 18.0 Å². The second-order valence-corrected chi connectivity index (χ2v) is 9.80. The number of hydrogen-bond acceptors (Lipinski definition) is 4. The van der Waals surface area contributed by atoms with Crippen LogP contribution in [0.15, 0.2) is 84.9 Å². The Hall–Kier alpha value is -3.32. The minimum atomic E-state index is -3.72. The van der Waals surface area contributed by atoms with Gasteiger partial charge in [-0.25, -0.2) is 8.42 Å². The maximum atomic E-state index is 13.3. The topological polar surface area (TPSA) is 75.7 Å². The van der Waals surface area contributed by atoms with Crippen LogP contribution in [-0.4, -0.2) is 33.5 Å². The fourth-order valence-corrected chi connectivity index (χ4v) is 5.31. The largest absolute Gasteiger partial charge is 0.476 e. The zero-order chi connectivity index (χ0) is 22.6. The van der Waals surface area contributed by atoms with Crippen LogP contribution in [0.3, 0.4) is 0 Å². The average Bonchev–Trinajstić information content (AvgIpc) is 2.82. The van der Waals surface area contributed by atoms with Crippen LogP contribution in [0, 0.1) is 0 Å². The predicted molar refractivity (Wildman–Crippen MR) is 125 cm³/mol. The summed E-state index contributed by atoms with van der Waals surface area (Å²) in [6, 6.07) is 25.8. The first-order valence-corrected chi connectivity index (χ1v) is 12.2. The number of carbonyl (C=O) groups is 1. The number of hydrogen-bond donors (Lipinski definition) is 1. The van der Waals surface area contributed by atoms with E-state index in [-0.39, 0.29) is 24.1 Å². The van der Waals surface area contributed by atoms with Gasteiger partial charge in [-0.2, -0.15) is 0 Å². The Morgan fingerprint density at radius 1 is 1.00 bits per heavy atom. The molecule has 1 N–H and O–H groups in total. The van der Waals surface area contributed by atoms with Gasteiger partial charge < -0.3 is 10.1 Å². The van der Waals surface area contributed by atoms with E-state index in [1.54, 1.807) is 36.4 Å². The summed E-state index contributed by atoms with van der Waals surface area (Å²) in [6.45, 7) is 2.39. The highest BCUT2D eigenvalue weighted by molar-refractivity contribution is 7.92. The maximum Gasteiger partial charge on any atom is 0.263 e. The zero-order valence-corrected chi connectivity index (χ0v) is 18.7. The fraction of sp³-hybridized carbons (Fsp3) is 0.240. The summed E-state index contributed by atoms with van der Waals surface area (Å²) >= 11 is 0. The van der Waals surface area contributed by atoms with E-state index in [1.807, 2.05) is 55.5 Å². The molecule has 0 aliphatic carbocycles. The first-order valence-electron chi connectivity index (χ1n) is 10.6. The van der Waals surface area contributed by atoms with E-state index < -0.39 is 16.1 Å². The van der Waals surface area contributed by atoms with Crippen molar-refractivity contribution in [3.05, 3.63) is 96.1 Å². The number of rotatable bonds is 7. The summed E-state index contributed by atoms with van der Waals surface area (Å²) in [6.07, 6.45) is -0.932. The van der Waals surface area contributed by atoms with Gasteiger partial charge in [-0.1, -0.05) is 79.7 Å². The molecule has 166 valence electrons. The SMILES string of the molecule is CC(CNC(=O)C1CN(S(=O)(=O)Cc2ccccc2)c2ccccc2O1)c1ccccc1. The molecular formula is C25H26N2O4S. The van der Waals surface area contributed by atoms with E-state index in [9.17, 15) is 13.2 Å². The number of sulfonamides is 1. The highest BCUT2D eigenvalue weighted by Crippen LogP contribution is 2.35. The van der Waals surface area contributed by atoms with Crippen LogP contribution < -0.4 is 14.4 Å². The second-order valence-electron chi connectivity index (χ2n) is 7.90. The van der Waals surface area contributed by atoms with Gasteiger partial charge in [-0.3, -0.25) is 9.10 Å². The summed E-state index contributed by atoms with van der Waals surface area (Å²) < 4.78 is 33.7. The monoisotopic (exact) mass is 450 g/mol. The predicted octanol–water partition coefficient (Wildman–Crippen LogP) is 3.70. The van der Waals surface area contributed by atoms with Crippen molar-refractivity contribution >= 4 is 21.6 Å². The number of benzene rings is 3. The van der Waals surface area contributed by atoms with Gasteiger partial charge in [0.2, 0.25) is 10.0 Å². The van der Waals surface area contributed by atoms with Gasteiger partial charge in [0, 0.05) is 6.54 Å². The van der Waals surface area contributed by atoms with Gasteiger partial charge in [-0.05, 0) is 29.2 Å². The zero-order valence-electron chi connectivity index (χ0n) is 17.8. The molecule has 0 bridgehead atoms. The van der Waals surface area contributed by atoms with Gasteiger partial charge in [0.1, 0.15) is 5.75 Å². The number of anilines is 1. The molecule has 1 heterocycles. The third-order valence-corrected chi connectivity index (χ3v) is 7.22. The van der Waals surface area contributed by atoms with Crippen LogP contribution >= 0.6 is 0 Å². The number of nitrogens with zero attached hydrogens (tertiary/aromatic N) is 1. The number of para-hydroxylation sites is 2. The van der Waals surface area contributed by atoms with Crippen LogP contribution in [0.2, 0.25) is 0 Å². The van der Waals surface area contributed by atoms with E-state index >= 15 is 0 Å². The van der Waals surface area contributed by atoms with Crippen LogP contribution in [0.5, 0.6) is 5.75 Å². The third-order valence-electron chi connectivity index (χ3n) is 5.51. The summed E-state index contributed by atoms with van der Waals surface area (Å²) in [5, 5.41) is 2.92. The molecule has 2 unspecified atom stereocenters. The summed E-state index contributed by atoms with van der Waals surface area (Å²) in [7, 11) is -3.72. The lowest BCUT2D eigenvalue weighted by Gasteiger charge is -2.35. The Balaban J connectivity index is 1.51. The second kappa shape index (κ2) is 9.44. The van der Waals surface area contributed by atoms with E-state index in [2.05, 4.69) is 5.32 Å². The lowest BCUT2D eigenvalue weighted by atomic mass is 10.0. The number of amides is 1. The van der Waals surface area contributed by atoms with Crippen LogP contribution in [-0.2, 0) is 20.6 Å².